The van der Waals surface area contributed by atoms with E-state index in [1.807, 2.05) is 6.08 Å². The van der Waals surface area contributed by atoms with E-state index in [4.69, 9.17) is 9.84 Å². The van der Waals surface area contributed by atoms with Crippen molar-refractivity contribution in [2.24, 2.45) is 0 Å². The zero-order valence-corrected chi connectivity index (χ0v) is 13.3. The smallest absolute Gasteiger partial charge is 0.330 e. The Balaban J connectivity index is 2.17. The van der Waals surface area contributed by atoms with Crippen molar-refractivity contribution in [2.75, 3.05) is 6.61 Å². The molecule has 2 heterocycles. The summed E-state index contributed by atoms with van der Waals surface area (Å²) in [5, 5.41) is 18.9. The lowest BCUT2D eigenvalue weighted by atomic mass is 10.2. The van der Waals surface area contributed by atoms with Crippen molar-refractivity contribution in [3.63, 3.8) is 0 Å². The molecule has 0 amide bonds. The molecule has 7 heteroatoms. The SMILES string of the molecule is CCCCCC=Cc1cn([C@H]2C[C@H](O)[C@@H](CO)O2)c(=O)[nH]c1=O. The molecule has 0 aromatic carbocycles. The molecule has 1 aromatic heterocycles. The van der Waals surface area contributed by atoms with E-state index in [9.17, 15) is 14.7 Å². The molecule has 3 atom stereocenters. The maximum atomic E-state index is 12.0. The van der Waals surface area contributed by atoms with Gasteiger partial charge in [-0.25, -0.2) is 4.79 Å². The fourth-order valence-corrected chi connectivity index (χ4v) is 2.61. The fraction of sp³-hybridized carbons (Fsp3) is 0.625. The van der Waals surface area contributed by atoms with E-state index in [1.165, 1.54) is 10.8 Å². The third-order valence-corrected chi connectivity index (χ3v) is 3.96. The van der Waals surface area contributed by atoms with Crippen LogP contribution in [0.1, 0.15) is 50.8 Å². The summed E-state index contributed by atoms with van der Waals surface area (Å²) in [6.45, 7) is 1.81. The van der Waals surface area contributed by atoms with E-state index in [0.717, 1.165) is 25.7 Å². The van der Waals surface area contributed by atoms with Crippen LogP contribution in [-0.2, 0) is 4.74 Å². The molecular formula is C16H24N2O5. The summed E-state index contributed by atoms with van der Waals surface area (Å²) in [4.78, 5) is 26.1. The first kappa shape index (κ1) is 17.7. The summed E-state index contributed by atoms with van der Waals surface area (Å²) in [5.41, 5.74) is -0.671. The third-order valence-electron chi connectivity index (χ3n) is 3.96. The van der Waals surface area contributed by atoms with Gasteiger partial charge in [-0.3, -0.25) is 14.3 Å². The van der Waals surface area contributed by atoms with Crippen molar-refractivity contribution in [1.29, 1.82) is 0 Å². The topological polar surface area (TPSA) is 105 Å². The maximum Gasteiger partial charge on any atom is 0.330 e. The average Bonchev–Trinajstić information content (AvgIpc) is 2.89. The second-order valence-corrected chi connectivity index (χ2v) is 5.76. The molecule has 0 saturated carbocycles. The molecule has 0 bridgehead atoms. The number of allylic oxidation sites excluding steroid dienone is 1. The Kier molecular flexibility index (Phi) is 6.32. The number of aromatic nitrogens is 2. The minimum Gasteiger partial charge on any atom is -0.394 e. The van der Waals surface area contributed by atoms with Crippen molar-refractivity contribution in [3.8, 4) is 0 Å². The Bertz CT molecular complexity index is 649. The molecule has 0 unspecified atom stereocenters. The number of aliphatic hydroxyl groups is 2. The molecule has 23 heavy (non-hydrogen) atoms. The molecule has 1 aromatic rings. The Morgan fingerprint density at radius 2 is 2.22 bits per heavy atom. The molecule has 1 aliphatic rings. The highest BCUT2D eigenvalue weighted by Gasteiger charge is 2.35. The second-order valence-electron chi connectivity index (χ2n) is 5.76. The summed E-state index contributed by atoms with van der Waals surface area (Å²) in [5.74, 6) is 0. The standard InChI is InChI=1S/C16H24N2O5/c1-2-3-4-5-6-7-11-9-18(16(22)17-15(11)21)14-8-12(20)13(10-19)23-14/h6-7,9,12-14,19-20H,2-5,8,10H2,1H3,(H,17,21,22)/t12-,13+,14+/m0/s1. The number of nitrogens with zero attached hydrogens (tertiary/aromatic N) is 1. The van der Waals surface area contributed by atoms with Crippen LogP contribution in [-0.4, -0.2) is 38.6 Å². The van der Waals surface area contributed by atoms with E-state index in [-0.39, 0.29) is 13.0 Å². The van der Waals surface area contributed by atoms with Crippen molar-refractivity contribution < 1.29 is 14.9 Å². The van der Waals surface area contributed by atoms with Gasteiger partial charge in [0.1, 0.15) is 12.3 Å². The predicted octanol–water partition coefficient (Wildman–Crippen LogP) is 0.771. The summed E-state index contributed by atoms with van der Waals surface area (Å²) in [7, 11) is 0. The van der Waals surface area contributed by atoms with Crippen LogP contribution in [0.3, 0.4) is 0 Å². The van der Waals surface area contributed by atoms with Crippen LogP contribution in [0.25, 0.3) is 6.08 Å². The molecule has 0 aliphatic carbocycles. The summed E-state index contributed by atoms with van der Waals surface area (Å²) < 4.78 is 6.71. The molecule has 128 valence electrons. The summed E-state index contributed by atoms with van der Waals surface area (Å²) in [6, 6.07) is 0. The molecular weight excluding hydrogens is 300 g/mol. The summed E-state index contributed by atoms with van der Waals surface area (Å²) >= 11 is 0. The van der Waals surface area contributed by atoms with Crippen LogP contribution in [0.4, 0.5) is 0 Å². The van der Waals surface area contributed by atoms with Gasteiger partial charge >= 0.3 is 5.69 Å². The monoisotopic (exact) mass is 324 g/mol. The molecule has 1 aliphatic heterocycles. The van der Waals surface area contributed by atoms with Crippen LogP contribution in [0.15, 0.2) is 21.9 Å². The number of aliphatic hydroxyl groups excluding tert-OH is 2. The number of nitrogens with one attached hydrogen (secondary N) is 1. The molecule has 2 rings (SSSR count). The zero-order valence-electron chi connectivity index (χ0n) is 13.3. The van der Waals surface area contributed by atoms with Crippen molar-refractivity contribution in [2.45, 2.75) is 57.5 Å². The van der Waals surface area contributed by atoms with Crippen molar-refractivity contribution in [1.82, 2.24) is 9.55 Å². The normalized spacial score (nSPS) is 24.6. The van der Waals surface area contributed by atoms with Gasteiger partial charge in [0.15, 0.2) is 0 Å². The van der Waals surface area contributed by atoms with E-state index < -0.39 is 29.7 Å². The highest BCUT2D eigenvalue weighted by molar-refractivity contribution is 5.46. The van der Waals surface area contributed by atoms with Crippen LogP contribution >= 0.6 is 0 Å². The number of hydrogen-bond acceptors (Lipinski definition) is 5. The van der Waals surface area contributed by atoms with Crippen LogP contribution in [0, 0.1) is 0 Å². The number of ether oxygens (including phenoxy) is 1. The average molecular weight is 324 g/mol. The first-order valence-corrected chi connectivity index (χ1v) is 8.03. The van der Waals surface area contributed by atoms with E-state index in [0.29, 0.717) is 5.56 Å². The van der Waals surface area contributed by atoms with Gasteiger partial charge in [-0.15, -0.1) is 0 Å². The second kappa shape index (κ2) is 8.24. The van der Waals surface area contributed by atoms with Gasteiger partial charge < -0.3 is 14.9 Å². The number of hydrogen-bond donors (Lipinski definition) is 3. The predicted molar refractivity (Wildman–Crippen MR) is 86.1 cm³/mol. The van der Waals surface area contributed by atoms with E-state index >= 15 is 0 Å². The largest absolute Gasteiger partial charge is 0.394 e. The number of aromatic amines is 1. The van der Waals surface area contributed by atoms with E-state index in [1.54, 1.807) is 6.08 Å². The molecule has 0 spiro atoms. The number of rotatable bonds is 7. The first-order valence-electron chi connectivity index (χ1n) is 8.03. The molecule has 3 N–H and O–H groups in total. The number of H-pyrrole nitrogens is 1. The summed E-state index contributed by atoms with van der Waals surface area (Å²) in [6.07, 6.45) is 7.19. The fourth-order valence-electron chi connectivity index (χ4n) is 2.61. The van der Waals surface area contributed by atoms with Gasteiger partial charge in [0.05, 0.1) is 18.3 Å². The Hall–Kier alpha value is -1.70. The number of unbranched alkanes of at least 4 members (excludes halogenated alkanes) is 3. The van der Waals surface area contributed by atoms with Gasteiger partial charge in [0.2, 0.25) is 0 Å². The van der Waals surface area contributed by atoms with Gasteiger partial charge in [-0.2, -0.15) is 0 Å². The Morgan fingerprint density at radius 3 is 2.87 bits per heavy atom. The zero-order chi connectivity index (χ0) is 16.8. The molecule has 1 saturated heterocycles. The van der Waals surface area contributed by atoms with Crippen molar-refractivity contribution in [3.05, 3.63) is 38.7 Å². The van der Waals surface area contributed by atoms with Gasteiger partial charge in [-0.1, -0.05) is 31.9 Å². The Labute approximate surface area is 134 Å². The highest BCUT2D eigenvalue weighted by atomic mass is 16.5. The molecule has 1 fully saturated rings. The highest BCUT2D eigenvalue weighted by Crippen LogP contribution is 2.27. The quantitative estimate of drug-likeness (QED) is 0.643. The first-order chi connectivity index (χ1) is 11.1. The molecule has 0 radical (unpaired) electrons. The van der Waals surface area contributed by atoms with Crippen LogP contribution < -0.4 is 11.2 Å². The van der Waals surface area contributed by atoms with Crippen LogP contribution in [0.5, 0.6) is 0 Å². The van der Waals surface area contributed by atoms with E-state index in [2.05, 4.69) is 11.9 Å². The minimum absolute atomic E-state index is 0.191. The lowest BCUT2D eigenvalue weighted by Gasteiger charge is -2.14. The Morgan fingerprint density at radius 1 is 1.43 bits per heavy atom. The minimum atomic E-state index is -0.836. The van der Waals surface area contributed by atoms with Gasteiger partial charge in [0, 0.05) is 12.6 Å². The van der Waals surface area contributed by atoms with Crippen LogP contribution in [0.2, 0.25) is 0 Å². The van der Waals surface area contributed by atoms with Gasteiger partial charge in [-0.05, 0) is 12.8 Å². The third kappa shape index (κ3) is 4.40. The lowest BCUT2D eigenvalue weighted by molar-refractivity contribution is -0.0459. The lowest BCUT2D eigenvalue weighted by Crippen LogP contribution is -2.33. The molecule has 7 nitrogen and oxygen atoms in total. The van der Waals surface area contributed by atoms with Gasteiger partial charge in [0.25, 0.3) is 5.56 Å². The van der Waals surface area contributed by atoms with Crippen molar-refractivity contribution >= 4 is 6.08 Å². The maximum absolute atomic E-state index is 12.0.